The van der Waals surface area contributed by atoms with Gasteiger partial charge in [0.1, 0.15) is 0 Å². The van der Waals surface area contributed by atoms with E-state index in [9.17, 15) is 0 Å². The Labute approximate surface area is 100 Å². The summed E-state index contributed by atoms with van der Waals surface area (Å²) >= 11 is 0. The molecule has 0 spiro atoms. The maximum Gasteiger partial charge on any atom is 2.00 e. The number of nitrogen functional groups attached to an aromatic ring is 2. The molecule has 0 heterocycles. The van der Waals surface area contributed by atoms with Crippen LogP contribution in [0.2, 0.25) is 0 Å². The van der Waals surface area contributed by atoms with Crippen molar-refractivity contribution in [2.45, 2.75) is 0 Å². The van der Waals surface area contributed by atoms with E-state index in [0.29, 0.717) is 0 Å². The molecule has 0 bridgehead atoms. The van der Waals surface area contributed by atoms with E-state index in [0.717, 1.165) is 11.4 Å². The van der Waals surface area contributed by atoms with Crippen molar-refractivity contribution in [3.8, 4) is 0 Å². The van der Waals surface area contributed by atoms with Gasteiger partial charge in [-0.15, -0.1) is 0 Å². The molecule has 0 unspecified atom stereocenters. The van der Waals surface area contributed by atoms with Gasteiger partial charge in [0, 0.05) is 11.4 Å². The number of benzene rings is 1. The summed E-state index contributed by atoms with van der Waals surface area (Å²) in [6.07, 6.45) is 0. The monoisotopic (exact) mass is 330 g/mol. The van der Waals surface area contributed by atoms with Crippen molar-refractivity contribution in [2.75, 3.05) is 11.5 Å². The molecule has 0 atom stereocenters. The normalized spacial score (nSPS) is 6.55. The first-order valence-electron chi connectivity index (χ1n) is 2.40. The Morgan fingerprint density at radius 2 is 0.909 bits per heavy atom. The topological polar surface area (TPSA) is 52.0 Å². The molecule has 0 fully saturated rings. The van der Waals surface area contributed by atoms with Crippen LogP contribution in [0.4, 0.5) is 11.4 Å². The van der Waals surface area contributed by atoms with Gasteiger partial charge in [0.05, 0.1) is 0 Å². The Bertz CT molecular complexity index is 157. The number of nitrogens with two attached hydrogens (primary N) is 2. The van der Waals surface area contributed by atoms with Gasteiger partial charge >= 0.3 is 19.5 Å². The van der Waals surface area contributed by atoms with Crippen LogP contribution >= 0.6 is 0 Å². The van der Waals surface area contributed by atoms with E-state index in [1.165, 1.54) is 0 Å². The summed E-state index contributed by atoms with van der Waals surface area (Å²) in [7, 11) is 0. The van der Waals surface area contributed by atoms with Crippen LogP contribution in [0.3, 0.4) is 0 Å². The average Bonchev–Trinajstić information content (AvgIpc) is 1.77. The molecule has 58 valence electrons. The van der Waals surface area contributed by atoms with Gasteiger partial charge in [0.25, 0.3) is 0 Å². The van der Waals surface area contributed by atoms with Crippen molar-refractivity contribution in [1.82, 2.24) is 0 Å². The molecule has 1 rings (SSSR count). The Hall–Kier alpha value is 0.403. The first-order valence-corrected chi connectivity index (χ1v) is 2.40. The van der Waals surface area contributed by atoms with Crippen LogP contribution in [0, 0.1) is 0 Å². The van der Waals surface area contributed by atoms with Gasteiger partial charge in [0.2, 0.25) is 0 Å². The SMILES string of the molecule is Nc1ccc(N)cc1.[Br-].[Br-].[Zn+2]. The predicted octanol–water partition coefficient (Wildman–Crippen LogP) is -5.14. The van der Waals surface area contributed by atoms with Gasteiger partial charge in [-0.25, -0.2) is 0 Å². The predicted molar refractivity (Wildman–Crippen MR) is 35.3 cm³/mol. The summed E-state index contributed by atoms with van der Waals surface area (Å²) in [6.45, 7) is 0. The van der Waals surface area contributed by atoms with Gasteiger partial charge in [-0.3, -0.25) is 0 Å². The number of anilines is 2. The summed E-state index contributed by atoms with van der Waals surface area (Å²) in [4.78, 5) is 0. The third-order valence-corrected chi connectivity index (χ3v) is 0.936. The van der Waals surface area contributed by atoms with Crippen molar-refractivity contribution in [3.05, 3.63) is 24.3 Å². The van der Waals surface area contributed by atoms with E-state index in [1.54, 1.807) is 24.3 Å². The number of halogens is 2. The van der Waals surface area contributed by atoms with Crippen molar-refractivity contribution in [3.63, 3.8) is 0 Å². The van der Waals surface area contributed by atoms with E-state index in [-0.39, 0.29) is 53.4 Å². The second kappa shape index (κ2) is 8.50. The zero-order valence-corrected chi connectivity index (χ0v) is 12.1. The first kappa shape index (κ1) is 17.5. The second-order valence-corrected chi connectivity index (χ2v) is 1.67. The first-order chi connectivity index (χ1) is 3.79. The molecule has 1 aromatic carbocycles. The minimum absolute atomic E-state index is 0. The molecule has 0 aliphatic rings. The van der Waals surface area contributed by atoms with Gasteiger partial charge in [-0.05, 0) is 24.3 Å². The zero-order chi connectivity index (χ0) is 5.98. The second-order valence-electron chi connectivity index (χ2n) is 1.67. The van der Waals surface area contributed by atoms with Crippen LogP contribution in [-0.2, 0) is 19.5 Å². The fourth-order valence-corrected chi connectivity index (χ4v) is 0.496. The molecule has 0 aromatic heterocycles. The fourth-order valence-electron chi connectivity index (χ4n) is 0.496. The number of hydrogen-bond acceptors (Lipinski definition) is 2. The van der Waals surface area contributed by atoms with Gasteiger partial charge in [-0.1, -0.05) is 0 Å². The van der Waals surface area contributed by atoms with Crippen molar-refractivity contribution < 1.29 is 53.4 Å². The largest absolute Gasteiger partial charge is 2.00 e. The molecule has 0 aliphatic heterocycles. The van der Waals surface area contributed by atoms with Crippen LogP contribution < -0.4 is 45.4 Å². The van der Waals surface area contributed by atoms with Gasteiger partial charge < -0.3 is 45.4 Å². The van der Waals surface area contributed by atoms with Crippen LogP contribution in [0.15, 0.2) is 24.3 Å². The van der Waals surface area contributed by atoms with E-state index < -0.39 is 0 Å². The maximum absolute atomic E-state index is 5.37. The zero-order valence-electron chi connectivity index (χ0n) is 5.93. The van der Waals surface area contributed by atoms with Crippen molar-refractivity contribution in [2.24, 2.45) is 0 Å². The molecule has 0 amide bonds. The molecule has 0 radical (unpaired) electrons. The number of hydrogen-bond donors (Lipinski definition) is 2. The summed E-state index contributed by atoms with van der Waals surface area (Å²) in [5.41, 5.74) is 12.2. The van der Waals surface area contributed by atoms with E-state index in [4.69, 9.17) is 11.5 Å². The van der Waals surface area contributed by atoms with Gasteiger partial charge in [0.15, 0.2) is 0 Å². The standard InChI is InChI=1S/C6H8N2.2BrH.Zn/c7-5-1-2-6(8)4-3-5;;;/h1-4H,7-8H2;2*1H;/q;;;+2/p-2. The molecular weight excluding hydrogens is 325 g/mol. The van der Waals surface area contributed by atoms with E-state index in [2.05, 4.69) is 0 Å². The minimum atomic E-state index is 0. The van der Waals surface area contributed by atoms with Crippen LogP contribution in [-0.4, -0.2) is 0 Å². The maximum atomic E-state index is 5.37. The molecule has 0 saturated heterocycles. The minimum Gasteiger partial charge on any atom is -1.00 e. The van der Waals surface area contributed by atoms with E-state index >= 15 is 0 Å². The third kappa shape index (κ3) is 6.79. The molecule has 11 heavy (non-hydrogen) atoms. The quantitative estimate of drug-likeness (QED) is 0.369. The Balaban J connectivity index is -0.000000213. The summed E-state index contributed by atoms with van der Waals surface area (Å²) < 4.78 is 0. The van der Waals surface area contributed by atoms with Gasteiger partial charge in [-0.2, -0.15) is 0 Å². The molecular formula is C6H8Br2N2Zn. The van der Waals surface area contributed by atoms with Crippen LogP contribution in [0.25, 0.3) is 0 Å². The number of rotatable bonds is 0. The van der Waals surface area contributed by atoms with Crippen LogP contribution in [0.5, 0.6) is 0 Å². The van der Waals surface area contributed by atoms with Crippen molar-refractivity contribution in [1.29, 1.82) is 0 Å². The summed E-state index contributed by atoms with van der Waals surface area (Å²) in [5, 5.41) is 0. The summed E-state index contributed by atoms with van der Waals surface area (Å²) in [6, 6.07) is 7.09. The van der Waals surface area contributed by atoms with Crippen molar-refractivity contribution >= 4 is 11.4 Å². The fraction of sp³-hybridized carbons (Fsp3) is 0. The Kier molecular flexibility index (Phi) is 13.5. The van der Waals surface area contributed by atoms with Crippen LogP contribution in [0.1, 0.15) is 0 Å². The van der Waals surface area contributed by atoms with E-state index in [1.807, 2.05) is 0 Å². The molecule has 0 aliphatic carbocycles. The summed E-state index contributed by atoms with van der Waals surface area (Å²) in [5.74, 6) is 0. The molecule has 1 aromatic rings. The Morgan fingerprint density at radius 3 is 1.09 bits per heavy atom. The third-order valence-electron chi connectivity index (χ3n) is 0.936. The smallest absolute Gasteiger partial charge is 1.00 e. The molecule has 5 heteroatoms. The molecule has 0 saturated carbocycles. The average molecular weight is 333 g/mol. The molecule has 4 N–H and O–H groups in total. The molecule has 2 nitrogen and oxygen atoms in total. The Morgan fingerprint density at radius 1 is 0.727 bits per heavy atom.